The summed E-state index contributed by atoms with van der Waals surface area (Å²) in [7, 11) is 2.03. The molecular weight excluding hydrogens is 433 g/mol. The van der Waals surface area contributed by atoms with E-state index in [1.807, 2.05) is 20.9 Å². The standard InChI is InChI=1S/C23H25ClFN5O2/c1-12-8-28(4)11-20(12)32-19-7-15(25)5-6-16(19)23(31)29-9-17-18(10-29)27-30-14(3)21(24)13(2)26-22(17)30/h5-7,12,20H,8-11H2,1-4H3/t12-,20-/m0/s1. The third-order valence-electron chi connectivity index (χ3n) is 6.42. The molecule has 1 amide bonds. The number of nitrogens with zero attached hydrogens (tertiary/aromatic N) is 5. The Balaban J connectivity index is 1.43. The van der Waals surface area contributed by atoms with E-state index in [0.29, 0.717) is 35.2 Å². The van der Waals surface area contributed by atoms with Crippen LogP contribution < -0.4 is 4.74 Å². The number of halogens is 2. The molecule has 9 heteroatoms. The predicted molar refractivity (Wildman–Crippen MR) is 119 cm³/mol. The smallest absolute Gasteiger partial charge is 0.258 e. The SMILES string of the molecule is Cc1nc2c3c(nn2c(C)c1Cl)CN(C(=O)c1ccc(F)cc1O[C@H]1CN(C)C[C@@H]1C)C3. The van der Waals surface area contributed by atoms with Crippen LogP contribution in [-0.4, -0.2) is 56.5 Å². The first-order valence-electron chi connectivity index (χ1n) is 10.7. The van der Waals surface area contributed by atoms with Crippen LogP contribution in [0.1, 0.15) is 39.9 Å². The van der Waals surface area contributed by atoms with Crippen LogP contribution in [0.15, 0.2) is 18.2 Å². The lowest BCUT2D eigenvalue weighted by Gasteiger charge is -2.22. The minimum Gasteiger partial charge on any atom is -0.488 e. The summed E-state index contributed by atoms with van der Waals surface area (Å²) in [6.07, 6.45) is -0.0896. The second-order valence-corrected chi connectivity index (χ2v) is 9.29. The van der Waals surface area contributed by atoms with Gasteiger partial charge in [0.25, 0.3) is 5.91 Å². The summed E-state index contributed by atoms with van der Waals surface area (Å²) in [4.78, 5) is 21.9. The van der Waals surface area contributed by atoms with Crippen molar-refractivity contribution in [2.24, 2.45) is 5.92 Å². The van der Waals surface area contributed by atoms with E-state index in [0.717, 1.165) is 35.7 Å². The zero-order valence-electron chi connectivity index (χ0n) is 18.5. The molecule has 2 aromatic heterocycles. The third kappa shape index (κ3) is 3.42. The molecule has 0 saturated carbocycles. The van der Waals surface area contributed by atoms with Crippen LogP contribution in [0.4, 0.5) is 4.39 Å². The van der Waals surface area contributed by atoms with E-state index in [-0.39, 0.29) is 17.8 Å². The number of hydrogen-bond donors (Lipinski definition) is 0. The van der Waals surface area contributed by atoms with Gasteiger partial charge >= 0.3 is 0 Å². The minimum atomic E-state index is -0.426. The molecule has 168 valence electrons. The average molecular weight is 458 g/mol. The zero-order valence-corrected chi connectivity index (χ0v) is 19.3. The van der Waals surface area contributed by atoms with Crippen molar-refractivity contribution in [1.29, 1.82) is 0 Å². The van der Waals surface area contributed by atoms with Gasteiger partial charge in [0.15, 0.2) is 5.65 Å². The lowest BCUT2D eigenvalue weighted by molar-refractivity contribution is 0.0740. The van der Waals surface area contributed by atoms with Crippen LogP contribution in [-0.2, 0) is 13.1 Å². The third-order valence-corrected chi connectivity index (χ3v) is 6.97. The highest BCUT2D eigenvalue weighted by molar-refractivity contribution is 6.31. The Labute approximate surface area is 190 Å². The maximum absolute atomic E-state index is 14.0. The van der Waals surface area contributed by atoms with Gasteiger partial charge in [0.2, 0.25) is 0 Å². The average Bonchev–Trinajstić information content (AvgIpc) is 3.39. The van der Waals surface area contributed by atoms with Crippen LogP contribution in [0.5, 0.6) is 5.75 Å². The van der Waals surface area contributed by atoms with Gasteiger partial charge in [-0.15, -0.1) is 0 Å². The number of hydrogen-bond acceptors (Lipinski definition) is 5. The normalized spacial score (nSPS) is 20.9. The zero-order chi connectivity index (χ0) is 22.7. The molecule has 5 rings (SSSR count). The van der Waals surface area contributed by atoms with E-state index in [1.165, 1.54) is 18.2 Å². The van der Waals surface area contributed by atoms with Gasteiger partial charge in [-0.05, 0) is 33.0 Å². The molecule has 1 aromatic carbocycles. The Kier molecular flexibility index (Phi) is 5.09. The molecule has 7 nitrogen and oxygen atoms in total. The van der Waals surface area contributed by atoms with E-state index in [4.69, 9.17) is 16.3 Å². The molecule has 4 heterocycles. The van der Waals surface area contributed by atoms with Crippen molar-refractivity contribution in [3.8, 4) is 5.75 Å². The summed E-state index contributed by atoms with van der Waals surface area (Å²) >= 11 is 6.32. The summed E-state index contributed by atoms with van der Waals surface area (Å²) in [6.45, 7) is 8.24. The number of aryl methyl sites for hydroxylation is 2. The lowest BCUT2D eigenvalue weighted by atomic mass is 10.1. The number of likely N-dealkylation sites (N-methyl/N-ethyl adjacent to an activating group) is 1. The molecule has 2 aliphatic rings. The summed E-state index contributed by atoms with van der Waals surface area (Å²) in [6, 6.07) is 4.11. The number of benzene rings is 1. The molecule has 0 radical (unpaired) electrons. The molecule has 1 fully saturated rings. The predicted octanol–water partition coefficient (Wildman–Crippen LogP) is 3.62. The first kappa shape index (κ1) is 21.2. The van der Waals surface area contributed by atoms with E-state index < -0.39 is 5.82 Å². The van der Waals surface area contributed by atoms with Crippen molar-refractivity contribution in [3.05, 3.63) is 57.2 Å². The lowest BCUT2D eigenvalue weighted by Crippen LogP contribution is -2.29. The van der Waals surface area contributed by atoms with Crippen LogP contribution in [0.3, 0.4) is 0 Å². The number of amides is 1. The Morgan fingerprint density at radius 3 is 2.75 bits per heavy atom. The second-order valence-electron chi connectivity index (χ2n) is 8.91. The van der Waals surface area contributed by atoms with Crippen LogP contribution in [0, 0.1) is 25.6 Å². The van der Waals surface area contributed by atoms with Crippen molar-refractivity contribution < 1.29 is 13.9 Å². The highest BCUT2D eigenvalue weighted by Gasteiger charge is 2.34. The molecule has 0 spiro atoms. The molecule has 32 heavy (non-hydrogen) atoms. The Morgan fingerprint density at radius 2 is 2.03 bits per heavy atom. The number of ether oxygens (including phenoxy) is 1. The minimum absolute atomic E-state index is 0.0896. The van der Waals surface area contributed by atoms with Gasteiger partial charge in [0.05, 0.1) is 40.8 Å². The quantitative estimate of drug-likeness (QED) is 0.601. The van der Waals surface area contributed by atoms with E-state index in [1.54, 1.807) is 9.42 Å². The first-order valence-corrected chi connectivity index (χ1v) is 11.1. The first-order chi connectivity index (χ1) is 15.2. The maximum Gasteiger partial charge on any atom is 0.258 e. The number of fused-ring (bicyclic) bond motifs is 3. The monoisotopic (exact) mass is 457 g/mol. The fourth-order valence-electron chi connectivity index (χ4n) is 4.68. The number of likely N-dealkylation sites (tertiary alicyclic amines) is 1. The van der Waals surface area contributed by atoms with Crippen molar-refractivity contribution in [3.63, 3.8) is 0 Å². The van der Waals surface area contributed by atoms with Crippen molar-refractivity contribution in [2.45, 2.75) is 40.0 Å². The Morgan fingerprint density at radius 1 is 1.25 bits per heavy atom. The van der Waals surface area contributed by atoms with Crippen molar-refractivity contribution in [2.75, 3.05) is 20.1 Å². The molecule has 3 aromatic rings. The van der Waals surface area contributed by atoms with Gasteiger partial charge in [-0.3, -0.25) is 4.79 Å². The summed E-state index contributed by atoms with van der Waals surface area (Å²) < 4.78 is 21.9. The fourth-order valence-corrected chi connectivity index (χ4v) is 4.81. The van der Waals surface area contributed by atoms with Gasteiger partial charge in [0, 0.05) is 30.6 Å². The molecular formula is C23H25ClFN5O2. The Hall–Kier alpha value is -2.71. The van der Waals surface area contributed by atoms with Gasteiger partial charge < -0.3 is 14.5 Å². The number of carbonyl (C=O) groups is 1. The van der Waals surface area contributed by atoms with Gasteiger partial charge in [-0.2, -0.15) is 5.10 Å². The molecule has 0 unspecified atom stereocenters. The summed E-state index contributed by atoms with van der Waals surface area (Å²) in [5, 5.41) is 5.23. The molecule has 2 atom stereocenters. The van der Waals surface area contributed by atoms with E-state index >= 15 is 0 Å². The number of carbonyl (C=O) groups excluding carboxylic acids is 1. The molecule has 0 N–H and O–H groups in total. The fraction of sp³-hybridized carbons (Fsp3) is 0.435. The number of aromatic nitrogens is 3. The molecule has 1 saturated heterocycles. The van der Waals surface area contributed by atoms with E-state index in [9.17, 15) is 9.18 Å². The van der Waals surface area contributed by atoms with Crippen LogP contribution >= 0.6 is 11.6 Å². The molecule has 0 aliphatic carbocycles. The van der Waals surface area contributed by atoms with Gasteiger partial charge in [0.1, 0.15) is 17.7 Å². The molecule has 2 aliphatic heterocycles. The highest BCUT2D eigenvalue weighted by atomic mass is 35.5. The van der Waals surface area contributed by atoms with Gasteiger partial charge in [-0.1, -0.05) is 18.5 Å². The van der Waals surface area contributed by atoms with Crippen molar-refractivity contribution in [1.82, 2.24) is 24.4 Å². The number of rotatable bonds is 3. The largest absolute Gasteiger partial charge is 0.488 e. The summed E-state index contributed by atoms with van der Waals surface area (Å²) in [5.41, 5.74) is 4.34. The molecule has 0 bridgehead atoms. The summed E-state index contributed by atoms with van der Waals surface area (Å²) in [5.74, 6) is -0.0554. The topological polar surface area (TPSA) is 63.0 Å². The van der Waals surface area contributed by atoms with Crippen LogP contribution in [0.25, 0.3) is 5.65 Å². The van der Waals surface area contributed by atoms with Gasteiger partial charge in [-0.25, -0.2) is 13.9 Å². The van der Waals surface area contributed by atoms with E-state index in [2.05, 4.69) is 21.9 Å². The van der Waals surface area contributed by atoms with Crippen molar-refractivity contribution >= 4 is 23.2 Å². The second kappa shape index (κ2) is 7.71. The Bertz CT molecular complexity index is 1240. The van der Waals surface area contributed by atoms with Crippen LogP contribution in [0.2, 0.25) is 5.02 Å². The maximum atomic E-state index is 14.0. The highest BCUT2D eigenvalue weighted by Crippen LogP contribution is 2.32.